The number of ether oxygens (including phenoxy) is 1. The van der Waals surface area contributed by atoms with Gasteiger partial charge in [-0.25, -0.2) is 8.42 Å². The summed E-state index contributed by atoms with van der Waals surface area (Å²) in [7, 11) is -3.52. The van der Waals surface area contributed by atoms with Crippen molar-refractivity contribution < 1.29 is 18.1 Å². The molecule has 26 heavy (non-hydrogen) atoms. The topological polar surface area (TPSA) is 89.8 Å². The highest BCUT2D eigenvalue weighted by Crippen LogP contribution is 2.22. The predicted molar refractivity (Wildman–Crippen MR) is 97.2 cm³/mol. The van der Waals surface area contributed by atoms with Crippen LogP contribution in [0.4, 0.5) is 5.69 Å². The minimum absolute atomic E-state index is 0.0504. The molecular weight excluding hydrogens is 356 g/mol. The molecule has 2 aromatic carbocycles. The van der Waals surface area contributed by atoms with E-state index < -0.39 is 14.9 Å². The fraction of sp³-hybridized carbons (Fsp3) is 0.333. The molecule has 1 fully saturated rings. The number of sulfonamides is 1. The van der Waals surface area contributed by atoms with Gasteiger partial charge >= 0.3 is 0 Å². The van der Waals surface area contributed by atoms with Crippen LogP contribution in [0, 0.1) is 10.1 Å². The van der Waals surface area contributed by atoms with Gasteiger partial charge in [0, 0.05) is 18.7 Å². The zero-order valence-corrected chi connectivity index (χ0v) is 15.0. The van der Waals surface area contributed by atoms with Gasteiger partial charge in [-0.1, -0.05) is 42.5 Å². The van der Waals surface area contributed by atoms with Gasteiger partial charge in [0.1, 0.15) is 0 Å². The maximum absolute atomic E-state index is 12.7. The van der Waals surface area contributed by atoms with Gasteiger partial charge in [-0.2, -0.15) is 4.31 Å². The van der Waals surface area contributed by atoms with Crippen LogP contribution in [0.2, 0.25) is 0 Å². The Morgan fingerprint density at radius 2 is 1.85 bits per heavy atom. The van der Waals surface area contributed by atoms with E-state index in [0.29, 0.717) is 18.6 Å². The first-order valence-electron chi connectivity index (χ1n) is 8.30. The number of nitro benzene ring substituents is 1. The molecule has 0 saturated carbocycles. The standard InChI is InChI=1S/C18H20N2O5S/c21-20(22)17-8-4-7-16(12-17)13-19-18(11-15-5-2-1-3-6-15)14-25-9-10-26(19,23)24/h1-8,12,18H,9-11,13-14H2/t18-/m0/s1. The Balaban J connectivity index is 1.89. The van der Waals surface area contributed by atoms with Crippen molar-refractivity contribution in [2.45, 2.75) is 19.0 Å². The first-order chi connectivity index (χ1) is 12.5. The fourth-order valence-electron chi connectivity index (χ4n) is 3.03. The van der Waals surface area contributed by atoms with E-state index in [0.717, 1.165) is 5.56 Å². The fourth-order valence-corrected chi connectivity index (χ4v) is 4.53. The smallest absolute Gasteiger partial charge is 0.269 e. The molecule has 0 amide bonds. The van der Waals surface area contributed by atoms with Crippen molar-refractivity contribution in [1.29, 1.82) is 0 Å². The molecule has 0 N–H and O–H groups in total. The van der Waals surface area contributed by atoms with E-state index in [2.05, 4.69) is 0 Å². The second-order valence-electron chi connectivity index (χ2n) is 6.21. The van der Waals surface area contributed by atoms with Gasteiger partial charge in [0.05, 0.1) is 29.9 Å². The lowest BCUT2D eigenvalue weighted by Crippen LogP contribution is -2.42. The summed E-state index contributed by atoms with van der Waals surface area (Å²) in [5, 5.41) is 11.0. The molecule has 7 nitrogen and oxygen atoms in total. The Hall–Kier alpha value is -2.29. The van der Waals surface area contributed by atoms with Gasteiger partial charge < -0.3 is 4.74 Å². The normalized spacial score (nSPS) is 20.4. The first kappa shape index (κ1) is 18.5. The maximum Gasteiger partial charge on any atom is 0.269 e. The third-order valence-electron chi connectivity index (χ3n) is 4.33. The number of benzene rings is 2. The molecule has 2 aromatic rings. The van der Waals surface area contributed by atoms with E-state index >= 15 is 0 Å². The molecule has 0 bridgehead atoms. The second-order valence-corrected chi connectivity index (χ2v) is 8.25. The minimum Gasteiger partial charge on any atom is -0.379 e. The summed E-state index contributed by atoms with van der Waals surface area (Å²) in [5.41, 5.74) is 1.55. The Morgan fingerprint density at radius 1 is 1.12 bits per heavy atom. The molecule has 0 aliphatic carbocycles. The lowest BCUT2D eigenvalue weighted by atomic mass is 10.1. The Bertz CT molecular complexity index is 870. The van der Waals surface area contributed by atoms with Crippen LogP contribution >= 0.6 is 0 Å². The number of hydrogen-bond donors (Lipinski definition) is 0. The number of nitrogens with zero attached hydrogens (tertiary/aromatic N) is 2. The SMILES string of the molecule is O=[N+]([O-])c1cccc(CN2[C@@H](Cc3ccccc3)COCCS2(=O)=O)c1. The summed E-state index contributed by atoms with van der Waals surface area (Å²) >= 11 is 0. The average Bonchev–Trinajstić information content (AvgIpc) is 2.76. The molecular formula is C18H20N2O5S. The van der Waals surface area contributed by atoms with Crippen molar-refractivity contribution in [1.82, 2.24) is 4.31 Å². The predicted octanol–water partition coefficient (Wildman–Crippen LogP) is 2.37. The van der Waals surface area contributed by atoms with Crippen LogP contribution in [0.15, 0.2) is 54.6 Å². The van der Waals surface area contributed by atoms with E-state index in [9.17, 15) is 18.5 Å². The van der Waals surface area contributed by atoms with E-state index in [-0.39, 0.29) is 30.6 Å². The van der Waals surface area contributed by atoms with Gasteiger partial charge in [0.25, 0.3) is 5.69 Å². The highest BCUT2D eigenvalue weighted by molar-refractivity contribution is 7.89. The van der Waals surface area contributed by atoms with Gasteiger partial charge in [-0.05, 0) is 17.5 Å². The number of non-ortho nitro benzene ring substituents is 1. The Kier molecular flexibility index (Phi) is 5.65. The second kappa shape index (κ2) is 7.94. The summed E-state index contributed by atoms with van der Waals surface area (Å²) in [6.07, 6.45) is 0.523. The summed E-state index contributed by atoms with van der Waals surface area (Å²) < 4.78 is 32.4. The number of rotatable bonds is 5. The molecule has 0 radical (unpaired) electrons. The van der Waals surface area contributed by atoms with Crippen molar-refractivity contribution in [2.75, 3.05) is 19.0 Å². The van der Waals surface area contributed by atoms with Crippen molar-refractivity contribution in [3.05, 3.63) is 75.8 Å². The maximum atomic E-state index is 12.7. The highest BCUT2D eigenvalue weighted by atomic mass is 32.2. The lowest BCUT2D eigenvalue weighted by Gasteiger charge is -2.28. The Labute approximate surface area is 152 Å². The van der Waals surface area contributed by atoms with Crippen LogP contribution in [0.1, 0.15) is 11.1 Å². The molecule has 1 aliphatic heterocycles. The highest BCUT2D eigenvalue weighted by Gasteiger charge is 2.33. The van der Waals surface area contributed by atoms with Gasteiger partial charge in [-0.3, -0.25) is 10.1 Å². The van der Waals surface area contributed by atoms with Gasteiger partial charge in [0.2, 0.25) is 10.0 Å². The molecule has 0 spiro atoms. The monoisotopic (exact) mass is 376 g/mol. The van der Waals surface area contributed by atoms with E-state index in [1.54, 1.807) is 12.1 Å². The molecule has 1 heterocycles. The summed E-state index contributed by atoms with van der Waals surface area (Å²) in [4.78, 5) is 10.5. The molecule has 138 valence electrons. The summed E-state index contributed by atoms with van der Waals surface area (Å²) in [6, 6.07) is 15.3. The van der Waals surface area contributed by atoms with Gasteiger partial charge in [0.15, 0.2) is 0 Å². The van der Waals surface area contributed by atoms with E-state index in [1.807, 2.05) is 30.3 Å². The Morgan fingerprint density at radius 3 is 2.58 bits per heavy atom. The van der Waals surface area contributed by atoms with Crippen LogP contribution in [0.3, 0.4) is 0 Å². The minimum atomic E-state index is -3.52. The third-order valence-corrected chi connectivity index (χ3v) is 6.16. The van der Waals surface area contributed by atoms with Crippen molar-refractivity contribution in [2.24, 2.45) is 0 Å². The molecule has 8 heteroatoms. The zero-order valence-electron chi connectivity index (χ0n) is 14.2. The van der Waals surface area contributed by atoms with Crippen molar-refractivity contribution >= 4 is 15.7 Å². The lowest BCUT2D eigenvalue weighted by molar-refractivity contribution is -0.384. The average molecular weight is 376 g/mol. The van der Waals surface area contributed by atoms with Crippen LogP contribution in [0.25, 0.3) is 0 Å². The molecule has 0 unspecified atom stereocenters. The van der Waals surface area contributed by atoms with Crippen molar-refractivity contribution in [3.8, 4) is 0 Å². The van der Waals surface area contributed by atoms with Crippen LogP contribution < -0.4 is 0 Å². The van der Waals surface area contributed by atoms with Crippen LogP contribution in [0.5, 0.6) is 0 Å². The number of nitro groups is 1. The largest absolute Gasteiger partial charge is 0.379 e. The molecule has 3 rings (SSSR count). The zero-order chi connectivity index (χ0) is 18.6. The van der Waals surface area contributed by atoms with Crippen molar-refractivity contribution in [3.63, 3.8) is 0 Å². The molecule has 1 atom stereocenters. The van der Waals surface area contributed by atoms with E-state index in [1.165, 1.54) is 16.4 Å². The molecule has 1 saturated heterocycles. The van der Waals surface area contributed by atoms with Crippen LogP contribution in [-0.2, 0) is 27.7 Å². The quantitative estimate of drug-likeness (QED) is 0.590. The summed E-state index contributed by atoms with van der Waals surface area (Å²) in [5.74, 6) is -0.0901. The molecule has 0 aromatic heterocycles. The van der Waals surface area contributed by atoms with Crippen LogP contribution in [-0.4, -0.2) is 42.7 Å². The van der Waals surface area contributed by atoms with Gasteiger partial charge in [-0.15, -0.1) is 0 Å². The molecule has 1 aliphatic rings. The van der Waals surface area contributed by atoms with E-state index in [4.69, 9.17) is 4.74 Å². The first-order valence-corrected chi connectivity index (χ1v) is 9.91. The summed E-state index contributed by atoms with van der Waals surface area (Å²) in [6.45, 7) is 0.535. The third kappa shape index (κ3) is 4.46. The number of hydrogen-bond acceptors (Lipinski definition) is 5.